The van der Waals surface area contributed by atoms with Gasteiger partial charge in [0, 0.05) is 27.0 Å². The number of halogens is 1. The average molecular weight is 426 g/mol. The largest absolute Gasteiger partial charge is 0.270 e. The van der Waals surface area contributed by atoms with Gasteiger partial charge >= 0.3 is 0 Å². The molecule has 3 rings (SSSR count). The molecule has 0 aliphatic rings. The highest BCUT2D eigenvalue weighted by atomic mass is 79.9. The molecule has 1 heterocycles. The number of aryl methyl sites for hydroxylation is 1. The standard InChI is InChI=1S/C19H12BrN3O2S/c1-12-18(14-5-7-16(20)8-6-14)22-19(26-12)15(11-21)9-13-3-2-4-17(10-13)23(24)25/h2-10H,1H3/b15-9+. The Morgan fingerprint density at radius 1 is 1.31 bits per heavy atom. The lowest BCUT2D eigenvalue weighted by Gasteiger charge is -1.98. The summed E-state index contributed by atoms with van der Waals surface area (Å²) >= 11 is 4.84. The smallest absolute Gasteiger partial charge is 0.258 e. The number of nitro groups is 1. The molecule has 0 atom stereocenters. The Bertz CT molecular complexity index is 1050. The van der Waals surface area contributed by atoms with Crippen LogP contribution in [0, 0.1) is 28.4 Å². The number of aromatic nitrogens is 1. The van der Waals surface area contributed by atoms with Crippen molar-refractivity contribution in [3.63, 3.8) is 0 Å². The van der Waals surface area contributed by atoms with E-state index < -0.39 is 4.92 Å². The summed E-state index contributed by atoms with van der Waals surface area (Å²) < 4.78 is 0.984. The number of nitrogens with zero attached hydrogens (tertiary/aromatic N) is 3. The number of hydrogen-bond acceptors (Lipinski definition) is 5. The Labute approximate surface area is 162 Å². The highest BCUT2D eigenvalue weighted by Crippen LogP contribution is 2.32. The van der Waals surface area contributed by atoms with Crippen LogP contribution in [-0.4, -0.2) is 9.91 Å². The summed E-state index contributed by atoms with van der Waals surface area (Å²) in [7, 11) is 0. The second-order valence-corrected chi connectivity index (χ2v) is 7.57. The summed E-state index contributed by atoms with van der Waals surface area (Å²) in [6, 6.07) is 16.1. The molecule has 0 bridgehead atoms. The fourth-order valence-electron chi connectivity index (χ4n) is 2.42. The van der Waals surface area contributed by atoms with E-state index in [1.165, 1.54) is 23.5 Å². The van der Waals surface area contributed by atoms with E-state index >= 15 is 0 Å². The molecule has 1 aromatic heterocycles. The monoisotopic (exact) mass is 425 g/mol. The molecule has 26 heavy (non-hydrogen) atoms. The number of allylic oxidation sites excluding steroid dienone is 1. The van der Waals surface area contributed by atoms with Gasteiger partial charge in [-0.2, -0.15) is 5.26 Å². The molecule has 3 aromatic rings. The molecule has 0 aliphatic carbocycles. The number of hydrogen-bond donors (Lipinski definition) is 0. The number of rotatable bonds is 4. The molecule has 0 fully saturated rings. The van der Waals surface area contributed by atoms with Gasteiger partial charge in [0.15, 0.2) is 0 Å². The van der Waals surface area contributed by atoms with Crippen molar-refractivity contribution in [1.82, 2.24) is 4.98 Å². The van der Waals surface area contributed by atoms with Crippen LogP contribution in [0.1, 0.15) is 15.4 Å². The molecule has 0 amide bonds. The minimum absolute atomic E-state index is 0.0121. The van der Waals surface area contributed by atoms with Gasteiger partial charge in [-0.3, -0.25) is 10.1 Å². The second-order valence-electron chi connectivity index (χ2n) is 5.45. The maximum absolute atomic E-state index is 10.9. The van der Waals surface area contributed by atoms with Crippen LogP contribution in [0.2, 0.25) is 0 Å². The van der Waals surface area contributed by atoms with Crippen molar-refractivity contribution in [2.75, 3.05) is 0 Å². The summed E-state index contributed by atoms with van der Waals surface area (Å²) in [5, 5.41) is 21.0. The maximum atomic E-state index is 10.9. The SMILES string of the molecule is Cc1sc(/C(C#N)=C/c2cccc([N+](=O)[O-])c2)nc1-c1ccc(Br)cc1. The maximum Gasteiger partial charge on any atom is 0.270 e. The number of nitro benzene ring substituents is 1. The van der Waals surface area contributed by atoms with Crippen LogP contribution in [0.4, 0.5) is 5.69 Å². The summed E-state index contributed by atoms with van der Waals surface area (Å²) in [5.74, 6) is 0. The van der Waals surface area contributed by atoms with Gasteiger partial charge in [-0.15, -0.1) is 11.3 Å². The van der Waals surface area contributed by atoms with E-state index in [-0.39, 0.29) is 5.69 Å². The van der Waals surface area contributed by atoms with Gasteiger partial charge in [-0.25, -0.2) is 4.98 Å². The molecule has 0 radical (unpaired) electrons. The predicted octanol–water partition coefficient (Wildman–Crippen LogP) is 5.85. The first kappa shape index (κ1) is 18.0. The second kappa shape index (κ2) is 7.60. The molecule has 0 spiro atoms. The topological polar surface area (TPSA) is 79.8 Å². The lowest BCUT2D eigenvalue weighted by atomic mass is 10.1. The van der Waals surface area contributed by atoms with E-state index in [2.05, 4.69) is 27.0 Å². The average Bonchev–Trinajstić information content (AvgIpc) is 3.02. The van der Waals surface area contributed by atoms with Crippen LogP contribution >= 0.6 is 27.3 Å². The molecule has 0 saturated heterocycles. The molecular weight excluding hydrogens is 414 g/mol. The molecule has 5 nitrogen and oxygen atoms in total. The van der Waals surface area contributed by atoms with Crippen LogP contribution in [-0.2, 0) is 0 Å². The third-order valence-corrected chi connectivity index (χ3v) is 5.19. The van der Waals surface area contributed by atoms with E-state index in [0.717, 1.165) is 20.6 Å². The Balaban J connectivity index is 2.00. The quantitative estimate of drug-likeness (QED) is 0.298. The van der Waals surface area contributed by atoms with Gasteiger partial charge < -0.3 is 0 Å². The van der Waals surface area contributed by atoms with Gasteiger partial charge in [0.05, 0.1) is 16.2 Å². The lowest BCUT2D eigenvalue weighted by molar-refractivity contribution is -0.384. The number of nitriles is 1. The van der Waals surface area contributed by atoms with Crippen molar-refractivity contribution in [1.29, 1.82) is 5.26 Å². The highest BCUT2D eigenvalue weighted by molar-refractivity contribution is 9.10. The highest BCUT2D eigenvalue weighted by Gasteiger charge is 2.14. The zero-order valence-corrected chi connectivity index (χ0v) is 16.0. The Morgan fingerprint density at radius 3 is 2.69 bits per heavy atom. The van der Waals surface area contributed by atoms with Crippen LogP contribution < -0.4 is 0 Å². The van der Waals surface area contributed by atoms with Crippen molar-refractivity contribution < 1.29 is 4.92 Å². The number of non-ortho nitro benzene ring substituents is 1. The third-order valence-electron chi connectivity index (χ3n) is 3.66. The Kier molecular flexibility index (Phi) is 5.26. The normalized spacial score (nSPS) is 11.2. The molecular formula is C19H12BrN3O2S. The predicted molar refractivity (Wildman–Crippen MR) is 107 cm³/mol. The van der Waals surface area contributed by atoms with E-state index in [4.69, 9.17) is 0 Å². The zero-order chi connectivity index (χ0) is 18.7. The first-order valence-electron chi connectivity index (χ1n) is 7.58. The van der Waals surface area contributed by atoms with Gasteiger partial charge in [0.1, 0.15) is 11.1 Å². The molecule has 128 valence electrons. The van der Waals surface area contributed by atoms with E-state index in [1.807, 2.05) is 31.2 Å². The lowest BCUT2D eigenvalue weighted by Crippen LogP contribution is -1.88. The third kappa shape index (κ3) is 3.87. The summed E-state index contributed by atoms with van der Waals surface area (Å²) in [6.45, 7) is 1.96. The molecule has 0 unspecified atom stereocenters. The first-order valence-corrected chi connectivity index (χ1v) is 9.19. The molecule has 7 heteroatoms. The molecule has 2 aromatic carbocycles. The minimum atomic E-state index is -0.456. The minimum Gasteiger partial charge on any atom is -0.258 e. The van der Waals surface area contributed by atoms with E-state index in [9.17, 15) is 15.4 Å². The summed E-state index contributed by atoms with van der Waals surface area (Å²) in [5.41, 5.74) is 2.76. The number of benzene rings is 2. The Hall–Kier alpha value is -2.82. The van der Waals surface area contributed by atoms with Crippen molar-refractivity contribution in [3.8, 4) is 17.3 Å². The summed E-state index contributed by atoms with van der Waals surface area (Å²) in [4.78, 5) is 16.1. The van der Waals surface area contributed by atoms with Crippen LogP contribution in [0.25, 0.3) is 22.9 Å². The van der Waals surface area contributed by atoms with E-state index in [1.54, 1.807) is 18.2 Å². The van der Waals surface area contributed by atoms with Gasteiger partial charge in [0.25, 0.3) is 5.69 Å². The first-order chi connectivity index (χ1) is 12.5. The fourth-order valence-corrected chi connectivity index (χ4v) is 3.59. The van der Waals surface area contributed by atoms with Crippen LogP contribution in [0.3, 0.4) is 0 Å². The van der Waals surface area contributed by atoms with Crippen molar-refractivity contribution in [3.05, 3.63) is 78.6 Å². The van der Waals surface area contributed by atoms with Crippen LogP contribution in [0.15, 0.2) is 53.0 Å². The van der Waals surface area contributed by atoms with Crippen LogP contribution in [0.5, 0.6) is 0 Å². The zero-order valence-electron chi connectivity index (χ0n) is 13.6. The Morgan fingerprint density at radius 2 is 2.04 bits per heavy atom. The van der Waals surface area contributed by atoms with E-state index in [0.29, 0.717) is 16.1 Å². The van der Waals surface area contributed by atoms with Gasteiger partial charge in [-0.05, 0) is 30.7 Å². The molecule has 0 saturated carbocycles. The molecule has 0 aliphatic heterocycles. The van der Waals surface area contributed by atoms with Crippen molar-refractivity contribution in [2.24, 2.45) is 0 Å². The van der Waals surface area contributed by atoms with Crippen molar-refractivity contribution >= 4 is 44.6 Å². The van der Waals surface area contributed by atoms with Gasteiger partial charge in [0.2, 0.25) is 0 Å². The van der Waals surface area contributed by atoms with Gasteiger partial charge in [-0.1, -0.05) is 40.2 Å². The number of thiazole rings is 1. The molecule has 0 N–H and O–H groups in total. The fraction of sp³-hybridized carbons (Fsp3) is 0.0526. The van der Waals surface area contributed by atoms with Crippen molar-refractivity contribution in [2.45, 2.75) is 6.92 Å². The summed E-state index contributed by atoms with van der Waals surface area (Å²) in [6.07, 6.45) is 1.62.